The van der Waals surface area contributed by atoms with Crippen molar-refractivity contribution in [3.05, 3.63) is 71.8 Å². The maximum atomic E-state index is 13.1. The zero-order valence-electron chi connectivity index (χ0n) is 16.0. The zero-order chi connectivity index (χ0) is 19.4. The summed E-state index contributed by atoms with van der Waals surface area (Å²) >= 11 is 0. The summed E-state index contributed by atoms with van der Waals surface area (Å²) in [6, 6.07) is 19.2. The van der Waals surface area contributed by atoms with E-state index in [0.29, 0.717) is 13.0 Å². The third-order valence-electron chi connectivity index (χ3n) is 4.47. The van der Waals surface area contributed by atoms with Crippen molar-refractivity contribution in [1.29, 1.82) is 0 Å². The van der Waals surface area contributed by atoms with Crippen molar-refractivity contribution in [2.75, 3.05) is 6.54 Å². The van der Waals surface area contributed by atoms with E-state index in [2.05, 4.69) is 5.32 Å². The molecule has 0 aromatic heterocycles. The number of ether oxygens (including phenoxy) is 1. The summed E-state index contributed by atoms with van der Waals surface area (Å²) in [7, 11) is 0. The standard InChI is InChI=1S/C22H26N2O3/c1-22(2,3)27-21(26)23-18-14-15-24(20(18)25)19(16-10-6-4-7-11-16)17-12-8-5-9-13-17/h4-13,18-19H,14-15H2,1-3H3,(H,23,26). The van der Waals surface area contributed by atoms with E-state index in [4.69, 9.17) is 4.74 Å². The highest BCUT2D eigenvalue weighted by atomic mass is 16.6. The average Bonchev–Trinajstić information content (AvgIpc) is 2.96. The molecule has 2 aromatic rings. The lowest BCUT2D eigenvalue weighted by atomic mass is 9.97. The first-order valence-corrected chi connectivity index (χ1v) is 9.25. The minimum absolute atomic E-state index is 0.0847. The number of alkyl carbamates (subject to hydrolysis) is 1. The minimum atomic E-state index is -0.595. The third-order valence-corrected chi connectivity index (χ3v) is 4.47. The summed E-state index contributed by atoms with van der Waals surface area (Å²) in [5, 5.41) is 2.72. The van der Waals surface area contributed by atoms with Gasteiger partial charge in [-0.3, -0.25) is 4.79 Å². The van der Waals surface area contributed by atoms with Gasteiger partial charge >= 0.3 is 6.09 Å². The molecule has 0 bridgehead atoms. The van der Waals surface area contributed by atoms with Gasteiger partial charge in [0.05, 0.1) is 6.04 Å². The summed E-state index contributed by atoms with van der Waals surface area (Å²) in [5.41, 5.74) is 1.51. The van der Waals surface area contributed by atoms with Crippen LogP contribution in [0.15, 0.2) is 60.7 Å². The van der Waals surface area contributed by atoms with Gasteiger partial charge in [-0.25, -0.2) is 4.79 Å². The molecule has 1 unspecified atom stereocenters. The third kappa shape index (κ3) is 4.67. The first-order chi connectivity index (χ1) is 12.8. The van der Waals surface area contributed by atoms with Crippen LogP contribution < -0.4 is 5.32 Å². The fraction of sp³-hybridized carbons (Fsp3) is 0.364. The first kappa shape index (κ1) is 19.0. The zero-order valence-corrected chi connectivity index (χ0v) is 16.0. The molecule has 0 saturated carbocycles. The number of carbonyl (C=O) groups is 2. The molecule has 1 N–H and O–H groups in total. The molecule has 1 fully saturated rings. The smallest absolute Gasteiger partial charge is 0.408 e. The maximum absolute atomic E-state index is 13.1. The van der Waals surface area contributed by atoms with Gasteiger partial charge in [0.2, 0.25) is 5.91 Å². The molecule has 3 rings (SSSR count). The maximum Gasteiger partial charge on any atom is 0.408 e. The van der Waals surface area contributed by atoms with Crippen molar-refractivity contribution in [2.45, 2.75) is 44.9 Å². The Bertz CT molecular complexity index is 745. The minimum Gasteiger partial charge on any atom is -0.444 e. The molecule has 1 saturated heterocycles. The highest BCUT2D eigenvalue weighted by molar-refractivity contribution is 5.88. The highest BCUT2D eigenvalue weighted by Crippen LogP contribution is 2.32. The second-order valence-corrected chi connectivity index (χ2v) is 7.74. The molecule has 0 aliphatic carbocycles. The molecule has 2 amide bonds. The Hall–Kier alpha value is -2.82. The summed E-state index contributed by atoms with van der Waals surface area (Å²) in [4.78, 5) is 27.0. The number of rotatable bonds is 4. The van der Waals surface area contributed by atoms with Gasteiger partial charge in [0.15, 0.2) is 0 Å². The Kier molecular flexibility index (Phi) is 5.49. The summed E-state index contributed by atoms with van der Waals surface area (Å²) in [6.07, 6.45) is 0.00695. The normalized spacial score (nSPS) is 17.3. The van der Waals surface area contributed by atoms with Crippen molar-refractivity contribution in [1.82, 2.24) is 10.2 Å². The predicted octanol–water partition coefficient (Wildman–Crippen LogP) is 3.90. The van der Waals surface area contributed by atoms with Gasteiger partial charge in [-0.1, -0.05) is 60.7 Å². The topological polar surface area (TPSA) is 58.6 Å². The van der Waals surface area contributed by atoms with E-state index >= 15 is 0 Å². The molecule has 1 heterocycles. The molecule has 0 radical (unpaired) electrons. The Morgan fingerprint density at radius 3 is 2.04 bits per heavy atom. The monoisotopic (exact) mass is 366 g/mol. The van der Waals surface area contributed by atoms with Crippen molar-refractivity contribution in [3.8, 4) is 0 Å². The quantitative estimate of drug-likeness (QED) is 0.893. The van der Waals surface area contributed by atoms with E-state index in [9.17, 15) is 9.59 Å². The second-order valence-electron chi connectivity index (χ2n) is 7.74. The number of nitrogens with one attached hydrogen (secondary N) is 1. The number of carbonyl (C=O) groups excluding carboxylic acids is 2. The molecular formula is C22H26N2O3. The van der Waals surface area contributed by atoms with Gasteiger partial charge in [-0.05, 0) is 38.3 Å². The summed E-state index contributed by atoms with van der Waals surface area (Å²) < 4.78 is 5.29. The molecule has 27 heavy (non-hydrogen) atoms. The van der Waals surface area contributed by atoms with E-state index in [1.807, 2.05) is 65.6 Å². The van der Waals surface area contributed by atoms with E-state index in [1.54, 1.807) is 20.8 Å². The Morgan fingerprint density at radius 1 is 1.04 bits per heavy atom. The fourth-order valence-corrected chi connectivity index (χ4v) is 3.37. The number of nitrogens with zero attached hydrogens (tertiary/aromatic N) is 1. The largest absolute Gasteiger partial charge is 0.444 e. The van der Waals surface area contributed by atoms with E-state index in [1.165, 1.54) is 0 Å². The van der Waals surface area contributed by atoms with Crippen LogP contribution in [-0.2, 0) is 9.53 Å². The van der Waals surface area contributed by atoms with Crippen LogP contribution in [-0.4, -0.2) is 35.1 Å². The summed E-state index contributed by atoms with van der Waals surface area (Å²) in [5.74, 6) is -0.0847. The SMILES string of the molecule is CC(C)(C)OC(=O)NC1CCN(C(c2ccccc2)c2ccccc2)C1=O. The van der Waals surface area contributed by atoms with Crippen molar-refractivity contribution >= 4 is 12.0 Å². The Morgan fingerprint density at radius 2 is 1.56 bits per heavy atom. The molecule has 2 aromatic carbocycles. The molecule has 5 heteroatoms. The van der Waals surface area contributed by atoms with Gasteiger partial charge < -0.3 is 15.0 Å². The molecular weight excluding hydrogens is 340 g/mol. The second kappa shape index (κ2) is 7.82. The first-order valence-electron chi connectivity index (χ1n) is 9.25. The van der Waals surface area contributed by atoms with Crippen molar-refractivity contribution < 1.29 is 14.3 Å². The molecule has 1 atom stereocenters. The molecule has 1 aliphatic rings. The van der Waals surface area contributed by atoms with Crippen molar-refractivity contribution in [3.63, 3.8) is 0 Å². The lowest BCUT2D eigenvalue weighted by molar-refractivity contribution is -0.130. The molecule has 0 spiro atoms. The van der Waals surface area contributed by atoms with E-state index < -0.39 is 17.7 Å². The van der Waals surface area contributed by atoms with Gasteiger partial charge in [-0.2, -0.15) is 0 Å². The van der Waals surface area contributed by atoms with Crippen LogP contribution >= 0.6 is 0 Å². The number of hydrogen-bond donors (Lipinski definition) is 1. The van der Waals surface area contributed by atoms with Crippen LogP contribution in [0, 0.1) is 0 Å². The Labute approximate surface area is 160 Å². The number of benzene rings is 2. The average molecular weight is 366 g/mol. The predicted molar refractivity (Wildman–Crippen MR) is 104 cm³/mol. The number of amides is 2. The lowest BCUT2D eigenvalue weighted by Crippen LogP contribution is -2.44. The number of hydrogen-bond acceptors (Lipinski definition) is 3. The van der Waals surface area contributed by atoms with Crippen LogP contribution in [0.5, 0.6) is 0 Å². The fourth-order valence-electron chi connectivity index (χ4n) is 3.37. The molecule has 142 valence electrons. The highest BCUT2D eigenvalue weighted by Gasteiger charge is 2.38. The van der Waals surface area contributed by atoms with Gasteiger partial charge in [0, 0.05) is 6.54 Å². The summed E-state index contributed by atoms with van der Waals surface area (Å²) in [6.45, 7) is 5.98. The van der Waals surface area contributed by atoms with Crippen molar-refractivity contribution in [2.24, 2.45) is 0 Å². The number of likely N-dealkylation sites (tertiary alicyclic amines) is 1. The Balaban J connectivity index is 1.81. The van der Waals surface area contributed by atoms with Crippen LogP contribution in [0.1, 0.15) is 44.4 Å². The van der Waals surface area contributed by atoms with Crippen LogP contribution in [0.3, 0.4) is 0 Å². The van der Waals surface area contributed by atoms with Gasteiger partial charge in [0.1, 0.15) is 11.6 Å². The van der Waals surface area contributed by atoms with Gasteiger partial charge in [-0.15, -0.1) is 0 Å². The van der Waals surface area contributed by atoms with Crippen LogP contribution in [0.2, 0.25) is 0 Å². The molecule has 1 aliphatic heterocycles. The van der Waals surface area contributed by atoms with E-state index in [-0.39, 0.29) is 11.9 Å². The molecule has 5 nitrogen and oxygen atoms in total. The van der Waals surface area contributed by atoms with Crippen LogP contribution in [0.4, 0.5) is 4.79 Å². The van der Waals surface area contributed by atoms with E-state index in [0.717, 1.165) is 11.1 Å². The van der Waals surface area contributed by atoms with Gasteiger partial charge in [0.25, 0.3) is 0 Å². The lowest BCUT2D eigenvalue weighted by Gasteiger charge is -2.29. The van der Waals surface area contributed by atoms with Crippen LogP contribution in [0.25, 0.3) is 0 Å².